The SMILES string of the molecule is CCOc1ccc(C(CN)N(C)CCOC)cc1. The first-order chi connectivity index (χ1) is 8.72. The Bertz CT molecular complexity index is 327. The second-order valence-electron chi connectivity index (χ2n) is 4.23. The normalized spacial score (nSPS) is 12.7. The minimum Gasteiger partial charge on any atom is -0.494 e. The molecule has 1 aromatic carbocycles. The largest absolute Gasteiger partial charge is 0.494 e. The first-order valence-electron chi connectivity index (χ1n) is 6.35. The zero-order chi connectivity index (χ0) is 13.4. The Morgan fingerprint density at radius 2 is 1.94 bits per heavy atom. The second-order valence-corrected chi connectivity index (χ2v) is 4.23. The van der Waals surface area contributed by atoms with E-state index in [4.69, 9.17) is 15.2 Å². The van der Waals surface area contributed by atoms with E-state index in [1.807, 2.05) is 19.1 Å². The molecule has 0 fully saturated rings. The summed E-state index contributed by atoms with van der Waals surface area (Å²) in [6, 6.07) is 8.35. The molecule has 1 unspecified atom stereocenters. The third-order valence-corrected chi connectivity index (χ3v) is 2.98. The molecule has 0 aliphatic heterocycles. The average molecular weight is 252 g/mol. The summed E-state index contributed by atoms with van der Waals surface area (Å²) in [5.74, 6) is 0.900. The van der Waals surface area contributed by atoms with Crippen molar-refractivity contribution in [3.05, 3.63) is 29.8 Å². The molecule has 4 heteroatoms. The molecule has 0 saturated heterocycles. The van der Waals surface area contributed by atoms with Gasteiger partial charge in [-0.1, -0.05) is 12.1 Å². The molecule has 4 nitrogen and oxygen atoms in total. The number of ether oxygens (including phenoxy) is 2. The topological polar surface area (TPSA) is 47.7 Å². The Morgan fingerprint density at radius 3 is 2.44 bits per heavy atom. The van der Waals surface area contributed by atoms with Gasteiger partial charge in [0.1, 0.15) is 5.75 Å². The van der Waals surface area contributed by atoms with E-state index < -0.39 is 0 Å². The molecular weight excluding hydrogens is 228 g/mol. The van der Waals surface area contributed by atoms with Crippen molar-refractivity contribution in [2.45, 2.75) is 13.0 Å². The lowest BCUT2D eigenvalue weighted by Crippen LogP contribution is -2.32. The van der Waals surface area contributed by atoms with Crippen molar-refractivity contribution < 1.29 is 9.47 Å². The van der Waals surface area contributed by atoms with E-state index in [1.54, 1.807) is 7.11 Å². The fraction of sp³-hybridized carbons (Fsp3) is 0.571. The van der Waals surface area contributed by atoms with Crippen LogP contribution in [0.25, 0.3) is 0 Å². The Labute approximate surface area is 110 Å². The number of methoxy groups -OCH3 is 1. The molecule has 0 heterocycles. The summed E-state index contributed by atoms with van der Waals surface area (Å²) in [6.45, 7) is 4.84. The maximum Gasteiger partial charge on any atom is 0.119 e. The van der Waals surface area contributed by atoms with Crippen molar-refractivity contribution in [1.82, 2.24) is 4.90 Å². The molecule has 1 rings (SSSR count). The average Bonchev–Trinajstić information content (AvgIpc) is 2.39. The van der Waals surface area contributed by atoms with Gasteiger partial charge in [-0.2, -0.15) is 0 Å². The number of likely N-dealkylation sites (N-methyl/N-ethyl adjacent to an activating group) is 1. The molecule has 0 radical (unpaired) electrons. The predicted octanol–water partition coefficient (Wildman–Crippen LogP) is 1.66. The Morgan fingerprint density at radius 1 is 1.28 bits per heavy atom. The molecule has 1 aromatic rings. The van der Waals surface area contributed by atoms with Crippen molar-refractivity contribution in [2.24, 2.45) is 5.73 Å². The molecule has 0 aliphatic rings. The van der Waals surface area contributed by atoms with Gasteiger partial charge in [-0.3, -0.25) is 4.90 Å². The third kappa shape index (κ3) is 4.29. The molecular formula is C14H24N2O2. The van der Waals surface area contributed by atoms with Crippen molar-refractivity contribution >= 4 is 0 Å². The van der Waals surface area contributed by atoms with E-state index in [-0.39, 0.29) is 6.04 Å². The molecule has 0 aromatic heterocycles. The highest BCUT2D eigenvalue weighted by Gasteiger charge is 2.14. The number of nitrogens with zero attached hydrogens (tertiary/aromatic N) is 1. The van der Waals surface area contributed by atoms with Crippen molar-refractivity contribution in [3.8, 4) is 5.75 Å². The van der Waals surface area contributed by atoms with Gasteiger partial charge in [-0.25, -0.2) is 0 Å². The molecule has 0 amide bonds. The number of hydrogen-bond acceptors (Lipinski definition) is 4. The van der Waals surface area contributed by atoms with Crippen LogP contribution in [0.2, 0.25) is 0 Å². The highest BCUT2D eigenvalue weighted by molar-refractivity contribution is 5.29. The molecule has 18 heavy (non-hydrogen) atoms. The quantitative estimate of drug-likeness (QED) is 0.764. The molecule has 0 bridgehead atoms. The smallest absolute Gasteiger partial charge is 0.119 e. The van der Waals surface area contributed by atoms with Crippen molar-refractivity contribution in [3.63, 3.8) is 0 Å². The van der Waals surface area contributed by atoms with E-state index in [9.17, 15) is 0 Å². The van der Waals surface area contributed by atoms with E-state index in [0.29, 0.717) is 19.8 Å². The fourth-order valence-electron chi connectivity index (χ4n) is 1.91. The fourth-order valence-corrected chi connectivity index (χ4v) is 1.91. The van der Waals surface area contributed by atoms with Gasteiger partial charge in [-0.05, 0) is 31.7 Å². The van der Waals surface area contributed by atoms with Gasteiger partial charge in [0.05, 0.1) is 13.2 Å². The van der Waals surface area contributed by atoms with Gasteiger partial charge in [0.2, 0.25) is 0 Å². The lowest BCUT2D eigenvalue weighted by Gasteiger charge is -2.27. The van der Waals surface area contributed by atoms with Crippen LogP contribution in [0.3, 0.4) is 0 Å². The summed E-state index contributed by atoms with van der Waals surface area (Å²) in [7, 11) is 3.77. The molecule has 2 N–H and O–H groups in total. The molecule has 102 valence electrons. The number of nitrogens with two attached hydrogens (primary N) is 1. The maximum absolute atomic E-state index is 5.86. The molecule has 0 spiro atoms. The van der Waals surface area contributed by atoms with E-state index >= 15 is 0 Å². The second kappa shape index (κ2) is 8.08. The summed E-state index contributed by atoms with van der Waals surface area (Å²) < 4.78 is 10.5. The van der Waals surface area contributed by atoms with Gasteiger partial charge in [0.15, 0.2) is 0 Å². The van der Waals surface area contributed by atoms with Crippen molar-refractivity contribution in [1.29, 1.82) is 0 Å². The van der Waals surface area contributed by atoms with Crippen LogP contribution in [0, 0.1) is 0 Å². The van der Waals surface area contributed by atoms with Gasteiger partial charge in [-0.15, -0.1) is 0 Å². The maximum atomic E-state index is 5.86. The Hall–Kier alpha value is -1.10. The number of benzene rings is 1. The summed E-state index contributed by atoms with van der Waals surface area (Å²) in [6.07, 6.45) is 0. The minimum atomic E-state index is 0.218. The first-order valence-corrected chi connectivity index (χ1v) is 6.35. The lowest BCUT2D eigenvalue weighted by atomic mass is 10.1. The number of rotatable bonds is 8. The molecule has 1 atom stereocenters. The van der Waals surface area contributed by atoms with Gasteiger partial charge >= 0.3 is 0 Å². The standard InChI is InChI=1S/C14H24N2O2/c1-4-18-13-7-5-12(6-8-13)14(11-15)16(2)9-10-17-3/h5-8,14H,4,9-11,15H2,1-3H3. The van der Waals surface area contributed by atoms with Crippen LogP contribution in [0.5, 0.6) is 5.75 Å². The van der Waals surface area contributed by atoms with Crippen LogP contribution in [-0.4, -0.2) is 45.4 Å². The minimum absolute atomic E-state index is 0.218. The van der Waals surface area contributed by atoms with Crippen LogP contribution in [-0.2, 0) is 4.74 Å². The summed E-state index contributed by atoms with van der Waals surface area (Å²) in [5.41, 5.74) is 7.07. The zero-order valence-electron chi connectivity index (χ0n) is 11.6. The molecule has 0 aliphatic carbocycles. The van der Waals surface area contributed by atoms with Crippen LogP contribution in [0.15, 0.2) is 24.3 Å². The lowest BCUT2D eigenvalue weighted by molar-refractivity contribution is 0.140. The van der Waals surface area contributed by atoms with Crippen LogP contribution < -0.4 is 10.5 Å². The van der Waals surface area contributed by atoms with Gasteiger partial charge in [0.25, 0.3) is 0 Å². The third-order valence-electron chi connectivity index (χ3n) is 2.98. The van der Waals surface area contributed by atoms with Crippen LogP contribution in [0.4, 0.5) is 0 Å². The number of hydrogen-bond donors (Lipinski definition) is 1. The highest BCUT2D eigenvalue weighted by atomic mass is 16.5. The van der Waals surface area contributed by atoms with Crippen molar-refractivity contribution in [2.75, 3.05) is 40.5 Å². The van der Waals surface area contributed by atoms with E-state index in [0.717, 1.165) is 12.3 Å². The Balaban J connectivity index is 2.69. The summed E-state index contributed by atoms with van der Waals surface area (Å²) in [4.78, 5) is 2.21. The molecule has 0 saturated carbocycles. The first kappa shape index (κ1) is 15.0. The van der Waals surface area contributed by atoms with Crippen LogP contribution >= 0.6 is 0 Å². The van der Waals surface area contributed by atoms with E-state index in [2.05, 4.69) is 24.1 Å². The summed E-state index contributed by atoms with van der Waals surface area (Å²) in [5, 5.41) is 0. The zero-order valence-corrected chi connectivity index (χ0v) is 11.6. The monoisotopic (exact) mass is 252 g/mol. The van der Waals surface area contributed by atoms with Crippen LogP contribution in [0.1, 0.15) is 18.5 Å². The highest BCUT2D eigenvalue weighted by Crippen LogP contribution is 2.21. The van der Waals surface area contributed by atoms with Gasteiger partial charge < -0.3 is 15.2 Å². The van der Waals surface area contributed by atoms with E-state index in [1.165, 1.54) is 5.56 Å². The predicted molar refractivity (Wildman–Crippen MR) is 73.9 cm³/mol. The van der Waals surface area contributed by atoms with Gasteiger partial charge in [0, 0.05) is 26.2 Å². The summed E-state index contributed by atoms with van der Waals surface area (Å²) >= 11 is 0. The Kier molecular flexibility index (Phi) is 6.72.